The summed E-state index contributed by atoms with van der Waals surface area (Å²) in [7, 11) is 0. The lowest BCUT2D eigenvalue weighted by Gasteiger charge is -2.07. The third-order valence-corrected chi connectivity index (χ3v) is 3.88. The Balaban J connectivity index is 2.27. The molecule has 0 saturated carbocycles. The molecule has 0 aliphatic carbocycles. The van der Waals surface area contributed by atoms with Gasteiger partial charge in [0.15, 0.2) is 0 Å². The van der Waals surface area contributed by atoms with Crippen molar-refractivity contribution >= 4 is 27.5 Å². The molecule has 0 bridgehead atoms. The summed E-state index contributed by atoms with van der Waals surface area (Å²) in [6.07, 6.45) is 8.87. The number of nitrogens with one attached hydrogen (secondary N) is 1. The van der Waals surface area contributed by atoms with Crippen molar-refractivity contribution in [3.63, 3.8) is 0 Å². The molecule has 3 nitrogen and oxygen atoms in total. The SMILES string of the molecule is CCCCCCCCCC(=O)Nc1ccc(Br)cc1C#N. The number of carbonyl (C=O) groups excluding carboxylic acids is 1. The topological polar surface area (TPSA) is 52.9 Å². The predicted octanol–water partition coefficient (Wildman–Crippen LogP) is 5.40. The highest BCUT2D eigenvalue weighted by Crippen LogP contribution is 2.20. The molecule has 1 rings (SSSR count). The molecule has 1 N–H and O–H groups in total. The minimum absolute atomic E-state index is 0.0117. The van der Waals surface area contributed by atoms with Crippen molar-refractivity contribution < 1.29 is 4.79 Å². The highest BCUT2D eigenvalue weighted by Gasteiger charge is 2.07. The first kappa shape index (κ1) is 17.7. The molecule has 0 aromatic heterocycles. The number of nitriles is 1. The molecule has 0 unspecified atom stereocenters. The number of carbonyl (C=O) groups is 1. The molecule has 114 valence electrons. The van der Waals surface area contributed by atoms with Gasteiger partial charge >= 0.3 is 0 Å². The first-order valence-electron chi connectivity index (χ1n) is 7.67. The van der Waals surface area contributed by atoms with Gasteiger partial charge in [0.05, 0.1) is 11.3 Å². The smallest absolute Gasteiger partial charge is 0.224 e. The lowest BCUT2D eigenvalue weighted by molar-refractivity contribution is -0.116. The first-order chi connectivity index (χ1) is 10.2. The van der Waals surface area contributed by atoms with Gasteiger partial charge in [0.2, 0.25) is 5.91 Å². The zero-order valence-electron chi connectivity index (χ0n) is 12.6. The van der Waals surface area contributed by atoms with Crippen molar-refractivity contribution in [3.8, 4) is 6.07 Å². The maximum absolute atomic E-state index is 11.9. The van der Waals surface area contributed by atoms with E-state index in [9.17, 15) is 4.79 Å². The van der Waals surface area contributed by atoms with Crippen LogP contribution in [0.3, 0.4) is 0 Å². The van der Waals surface area contributed by atoms with E-state index < -0.39 is 0 Å². The molecule has 1 aromatic carbocycles. The van der Waals surface area contributed by atoms with Crippen LogP contribution in [0.15, 0.2) is 22.7 Å². The highest BCUT2D eigenvalue weighted by atomic mass is 79.9. The molecule has 1 aromatic rings. The molecular weight excluding hydrogens is 328 g/mol. The maximum atomic E-state index is 11.9. The first-order valence-corrected chi connectivity index (χ1v) is 8.46. The van der Waals surface area contributed by atoms with Crippen molar-refractivity contribution in [1.29, 1.82) is 5.26 Å². The Morgan fingerprint density at radius 2 is 1.86 bits per heavy atom. The van der Waals surface area contributed by atoms with Gasteiger partial charge < -0.3 is 5.32 Å². The van der Waals surface area contributed by atoms with Crippen LogP contribution in [0, 0.1) is 11.3 Å². The van der Waals surface area contributed by atoms with Gasteiger partial charge in [-0.2, -0.15) is 5.26 Å². The molecule has 0 spiro atoms. The summed E-state index contributed by atoms with van der Waals surface area (Å²) in [5.41, 5.74) is 1.07. The summed E-state index contributed by atoms with van der Waals surface area (Å²) in [5, 5.41) is 11.9. The zero-order chi connectivity index (χ0) is 15.5. The average molecular weight is 351 g/mol. The number of amides is 1. The van der Waals surface area contributed by atoms with E-state index in [2.05, 4.69) is 34.2 Å². The molecule has 0 heterocycles. The van der Waals surface area contributed by atoms with Gasteiger partial charge in [0.1, 0.15) is 6.07 Å². The largest absolute Gasteiger partial charge is 0.325 e. The van der Waals surface area contributed by atoms with E-state index >= 15 is 0 Å². The molecule has 0 aliphatic rings. The van der Waals surface area contributed by atoms with E-state index in [1.807, 2.05) is 6.07 Å². The Bertz CT molecular complexity index is 494. The second kappa shape index (κ2) is 10.4. The van der Waals surface area contributed by atoms with Crippen LogP contribution in [0.2, 0.25) is 0 Å². The zero-order valence-corrected chi connectivity index (χ0v) is 14.2. The minimum Gasteiger partial charge on any atom is -0.325 e. The number of rotatable bonds is 9. The molecule has 0 radical (unpaired) electrons. The number of anilines is 1. The quantitative estimate of drug-likeness (QED) is 0.606. The highest BCUT2D eigenvalue weighted by molar-refractivity contribution is 9.10. The maximum Gasteiger partial charge on any atom is 0.224 e. The van der Waals surface area contributed by atoms with Crippen LogP contribution in [0.4, 0.5) is 5.69 Å². The monoisotopic (exact) mass is 350 g/mol. The Morgan fingerprint density at radius 1 is 1.19 bits per heavy atom. The van der Waals surface area contributed by atoms with Gasteiger partial charge in [0, 0.05) is 10.9 Å². The van der Waals surface area contributed by atoms with Gasteiger partial charge in [-0.15, -0.1) is 0 Å². The lowest BCUT2D eigenvalue weighted by atomic mass is 10.1. The minimum atomic E-state index is -0.0117. The van der Waals surface area contributed by atoms with Gasteiger partial charge in [-0.25, -0.2) is 0 Å². The number of nitrogens with zero attached hydrogens (tertiary/aromatic N) is 1. The molecule has 0 aliphatic heterocycles. The summed E-state index contributed by atoms with van der Waals surface area (Å²) < 4.78 is 0.837. The van der Waals surface area contributed by atoms with Gasteiger partial charge in [-0.3, -0.25) is 4.79 Å². The predicted molar refractivity (Wildman–Crippen MR) is 90.1 cm³/mol. The standard InChI is InChI=1S/C17H23BrN2O/c1-2-3-4-5-6-7-8-9-17(21)20-16-11-10-15(18)12-14(16)13-19/h10-12H,2-9H2,1H3,(H,20,21). The van der Waals surface area contributed by atoms with Crippen LogP contribution < -0.4 is 5.32 Å². The van der Waals surface area contributed by atoms with E-state index in [1.165, 1.54) is 32.1 Å². The van der Waals surface area contributed by atoms with Crippen molar-refractivity contribution in [2.24, 2.45) is 0 Å². The summed E-state index contributed by atoms with van der Waals surface area (Å²) in [5.74, 6) is -0.0117. The number of hydrogen-bond acceptors (Lipinski definition) is 2. The van der Waals surface area contributed by atoms with Crippen molar-refractivity contribution in [1.82, 2.24) is 0 Å². The Hall–Kier alpha value is -1.34. The summed E-state index contributed by atoms with van der Waals surface area (Å²) in [6, 6.07) is 7.38. The van der Waals surface area contributed by atoms with Crippen molar-refractivity contribution in [2.75, 3.05) is 5.32 Å². The Labute approximate surface area is 135 Å². The number of unbranched alkanes of at least 4 members (excludes halogenated alkanes) is 6. The lowest BCUT2D eigenvalue weighted by Crippen LogP contribution is -2.12. The van der Waals surface area contributed by atoms with Crippen LogP contribution >= 0.6 is 15.9 Å². The van der Waals surface area contributed by atoms with E-state index in [1.54, 1.807) is 12.1 Å². The fourth-order valence-electron chi connectivity index (χ4n) is 2.17. The average Bonchev–Trinajstić information content (AvgIpc) is 2.48. The molecule has 0 fully saturated rings. The fourth-order valence-corrected chi connectivity index (χ4v) is 2.53. The second-order valence-electron chi connectivity index (χ2n) is 5.22. The molecule has 0 atom stereocenters. The van der Waals surface area contributed by atoms with E-state index in [0.29, 0.717) is 17.7 Å². The summed E-state index contributed by atoms with van der Waals surface area (Å²) in [4.78, 5) is 11.9. The Kier molecular flexibility index (Phi) is 8.77. The van der Waals surface area contributed by atoms with Gasteiger partial charge in [0.25, 0.3) is 0 Å². The molecule has 0 saturated heterocycles. The summed E-state index contributed by atoms with van der Waals surface area (Å²) >= 11 is 3.32. The van der Waals surface area contributed by atoms with Crippen molar-refractivity contribution in [2.45, 2.75) is 58.3 Å². The van der Waals surface area contributed by atoms with E-state index in [0.717, 1.165) is 17.3 Å². The normalized spacial score (nSPS) is 10.1. The van der Waals surface area contributed by atoms with Crippen LogP contribution in [0.1, 0.15) is 63.9 Å². The molecule has 21 heavy (non-hydrogen) atoms. The second-order valence-corrected chi connectivity index (χ2v) is 6.14. The van der Waals surface area contributed by atoms with E-state index in [4.69, 9.17) is 5.26 Å². The van der Waals surface area contributed by atoms with Crippen LogP contribution in [0.5, 0.6) is 0 Å². The van der Waals surface area contributed by atoms with Crippen LogP contribution in [-0.4, -0.2) is 5.91 Å². The third-order valence-electron chi connectivity index (χ3n) is 3.38. The van der Waals surface area contributed by atoms with Gasteiger partial charge in [-0.05, 0) is 24.6 Å². The number of halogens is 1. The van der Waals surface area contributed by atoms with Crippen molar-refractivity contribution in [3.05, 3.63) is 28.2 Å². The number of benzene rings is 1. The molecule has 1 amide bonds. The Morgan fingerprint density at radius 3 is 2.52 bits per heavy atom. The van der Waals surface area contributed by atoms with Crippen LogP contribution in [-0.2, 0) is 4.79 Å². The third kappa shape index (κ3) is 7.29. The van der Waals surface area contributed by atoms with Crippen LogP contribution in [0.25, 0.3) is 0 Å². The molecule has 4 heteroatoms. The summed E-state index contributed by atoms with van der Waals surface area (Å²) in [6.45, 7) is 2.21. The number of hydrogen-bond donors (Lipinski definition) is 1. The van der Waals surface area contributed by atoms with E-state index in [-0.39, 0.29) is 5.91 Å². The fraction of sp³-hybridized carbons (Fsp3) is 0.529. The van der Waals surface area contributed by atoms with Gasteiger partial charge in [-0.1, -0.05) is 61.4 Å². The molecular formula is C17H23BrN2O.